The fraction of sp³-hybridized carbons (Fsp3) is 0.444. The van der Waals surface area contributed by atoms with Crippen LogP contribution < -0.4 is 4.90 Å². The van der Waals surface area contributed by atoms with E-state index in [1.54, 1.807) is 28.5 Å². The van der Waals surface area contributed by atoms with Crippen molar-refractivity contribution in [2.24, 2.45) is 0 Å². The van der Waals surface area contributed by atoms with Crippen molar-refractivity contribution < 1.29 is 0 Å². The third kappa shape index (κ3) is 1.90. The van der Waals surface area contributed by atoms with Crippen molar-refractivity contribution in [1.29, 1.82) is 0 Å². The smallest absolute Gasteiger partial charge is 0.176 e. The maximum absolute atomic E-state index is 5.15. The Balaban J connectivity index is 1.69. The van der Waals surface area contributed by atoms with Crippen LogP contribution in [0.4, 0.5) is 5.82 Å². The predicted octanol–water partition coefficient (Wildman–Crippen LogP) is 3.37. The van der Waals surface area contributed by atoms with Crippen LogP contribution in [0.15, 0.2) is 12.7 Å². The van der Waals surface area contributed by atoms with Gasteiger partial charge in [-0.2, -0.15) is 5.10 Å². The van der Waals surface area contributed by atoms with Crippen LogP contribution in [0.5, 0.6) is 0 Å². The van der Waals surface area contributed by atoms with Gasteiger partial charge in [0.15, 0.2) is 5.65 Å². The number of aryl methyl sites for hydroxylation is 1. The first-order valence-corrected chi connectivity index (χ1v) is 9.89. The van der Waals surface area contributed by atoms with E-state index in [2.05, 4.69) is 15.0 Å². The number of piperidine rings is 1. The summed E-state index contributed by atoms with van der Waals surface area (Å²) in [5.41, 5.74) is 4.89. The van der Waals surface area contributed by atoms with Gasteiger partial charge in [-0.15, -0.1) is 11.3 Å². The molecule has 25 heavy (non-hydrogen) atoms. The van der Waals surface area contributed by atoms with E-state index in [9.17, 15) is 0 Å². The van der Waals surface area contributed by atoms with E-state index in [1.807, 2.05) is 0 Å². The average Bonchev–Trinajstić information content (AvgIpc) is 3.37. The van der Waals surface area contributed by atoms with Crippen LogP contribution in [-0.2, 0) is 12.8 Å². The molecule has 0 spiro atoms. The van der Waals surface area contributed by atoms with Gasteiger partial charge < -0.3 is 4.90 Å². The highest BCUT2D eigenvalue weighted by Crippen LogP contribution is 2.42. The van der Waals surface area contributed by atoms with Crippen LogP contribution in [0.3, 0.4) is 0 Å². The van der Waals surface area contributed by atoms with E-state index in [4.69, 9.17) is 9.97 Å². The summed E-state index contributed by atoms with van der Waals surface area (Å²) in [6.07, 6.45) is 10.8. The lowest BCUT2D eigenvalue weighted by Crippen LogP contribution is -2.31. The maximum Gasteiger partial charge on any atom is 0.176 e. The number of fused-ring (bicyclic) bond motifs is 7. The topological polar surface area (TPSA) is 59.2 Å². The van der Waals surface area contributed by atoms with E-state index < -0.39 is 0 Å². The number of hydrogen-bond donors (Lipinski definition) is 0. The normalized spacial score (nSPS) is 17.8. The van der Waals surface area contributed by atoms with E-state index >= 15 is 0 Å². The summed E-state index contributed by atoms with van der Waals surface area (Å²) >= 11 is 1.72. The molecule has 1 fully saturated rings. The number of pyridine rings is 1. The second-order valence-electron chi connectivity index (χ2n) is 7.03. The molecular formula is C18H18N6S. The molecule has 0 aromatic carbocycles. The summed E-state index contributed by atoms with van der Waals surface area (Å²) in [7, 11) is 0. The fourth-order valence-corrected chi connectivity index (χ4v) is 5.58. The number of aromatic nitrogens is 5. The number of rotatable bonds is 1. The molecule has 1 aliphatic heterocycles. The molecule has 0 radical (unpaired) electrons. The summed E-state index contributed by atoms with van der Waals surface area (Å²) in [4.78, 5) is 17.9. The van der Waals surface area contributed by atoms with Crippen molar-refractivity contribution in [1.82, 2.24) is 24.6 Å². The Morgan fingerprint density at radius 1 is 0.960 bits per heavy atom. The molecule has 6 rings (SSSR count). The standard InChI is InChI=1S/C18H18N6S/c1-2-7-23(8-3-1)16-12-6-4-5-11(12)13-14-15(25-18(13)22-16)17-19-9-21-24(17)10-20-14/h9-10H,1-8H2. The summed E-state index contributed by atoms with van der Waals surface area (Å²) in [5.74, 6) is 1.24. The molecular weight excluding hydrogens is 332 g/mol. The van der Waals surface area contributed by atoms with Crippen molar-refractivity contribution in [3.05, 3.63) is 23.8 Å². The number of thiophene rings is 1. The molecule has 0 unspecified atom stereocenters. The summed E-state index contributed by atoms with van der Waals surface area (Å²) < 4.78 is 2.86. The van der Waals surface area contributed by atoms with Crippen LogP contribution in [0.25, 0.3) is 26.1 Å². The second-order valence-corrected chi connectivity index (χ2v) is 8.03. The number of hydrogen-bond acceptors (Lipinski definition) is 6. The molecule has 0 N–H and O–H groups in total. The van der Waals surface area contributed by atoms with Gasteiger partial charge in [-0.1, -0.05) is 0 Å². The molecule has 0 amide bonds. The highest BCUT2D eigenvalue weighted by Gasteiger charge is 2.27. The molecule has 7 heteroatoms. The SMILES string of the molecule is c1nc2c3sc4nc(N5CCCCC5)c5c(c4c3ncn2n1)CCC5. The van der Waals surface area contributed by atoms with Crippen LogP contribution in [-0.4, -0.2) is 37.7 Å². The van der Waals surface area contributed by atoms with Gasteiger partial charge in [-0.3, -0.25) is 0 Å². The first-order valence-electron chi connectivity index (χ1n) is 9.07. The zero-order valence-electron chi connectivity index (χ0n) is 13.9. The summed E-state index contributed by atoms with van der Waals surface area (Å²) in [5, 5.41) is 5.49. The van der Waals surface area contributed by atoms with Gasteiger partial charge >= 0.3 is 0 Å². The van der Waals surface area contributed by atoms with Gasteiger partial charge in [-0.25, -0.2) is 19.5 Å². The Kier molecular flexibility index (Phi) is 2.85. The first kappa shape index (κ1) is 13.9. The Morgan fingerprint density at radius 2 is 1.84 bits per heavy atom. The fourth-order valence-electron chi connectivity index (χ4n) is 4.44. The number of anilines is 1. The van der Waals surface area contributed by atoms with Crippen LogP contribution in [0.2, 0.25) is 0 Å². The quantitative estimate of drug-likeness (QED) is 0.527. The molecule has 126 valence electrons. The minimum absolute atomic E-state index is 0.888. The van der Waals surface area contributed by atoms with Gasteiger partial charge in [0.25, 0.3) is 0 Å². The third-order valence-corrected chi connectivity index (χ3v) is 6.66. The predicted molar refractivity (Wildman–Crippen MR) is 99.6 cm³/mol. The Bertz CT molecular complexity index is 1120. The molecule has 2 aliphatic rings. The van der Waals surface area contributed by atoms with Crippen molar-refractivity contribution in [2.75, 3.05) is 18.0 Å². The molecule has 4 aromatic rings. The molecule has 0 bridgehead atoms. The second kappa shape index (κ2) is 5.11. The molecule has 1 aliphatic carbocycles. The lowest BCUT2D eigenvalue weighted by molar-refractivity contribution is 0.572. The van der Waals surface area contributed by atoms with Crippen molar-refractivity contribution in [2.45, 2.75) is 38.5 Å². The third-order valence-electron chi connectivity index (χ3n) is 5.59. The largest absolute Gasteiger partial charge is 0.356 e. The molecule has 0 atom stereocenters. The lowest BCUT2D eigenvalue weighted by Gasteiger charge is -2.29. The molecule has 0 saturated carbocycles. The van der Waals surface area contributed by atoms with E-state index in [-0.39, 0.29) is 0 Å². The van der Waals surface area contributed by atoms with Gasteiger partial charge in [-0.05, 0) is 49.7 Å². The van der Waals surface area contributed by atoms with Crippen molar-refractivity contribution >= 4 is 43.2 Å². The highest BCUT2D eigenvalue weighted by atomic mass is 32.1. The zero-order chi connectivity index (χ0) is 16.4. The zero-order valence-corrected chi connectivity index (χ0v) is 14.7. The highest BCUT2D eigenvalue weighted by molar-refractivity contribution is 7.26. The maximum atomic E-state index is 5.15. The minimum atomic E-state index is 0.888. The van der Waals surface area contributed by atoms with Gasteiger partial charge in [0, 0.05) is 18.5 Å². The molecule has 4 aromatic heterocycles. The van der Waals surface area contributed by atoms with Crippen molar-refractivity contribution in [3.8, 4) is 0 Å². The van der Waals surface area contributed by atoms with E-state index in [1.165, 1.54) is 48.0 Å². The Hall–Kier alpha value is -2.28. The van der Waals surface area contributed by atoms with Crippen LogP contribution in [0, 0.1) is 0 Å². The molecule has 5 heterocycles. The van der Waals surface area contributed by atoms with Crippen LogP contribution in [0.1, 0.15) is 36.8 Å². The van der Waals surface area contributed by atoms with E-state index in [0.29, 0.717) is 0 Å². The monoisotopic (exact) mass is 350 g/mol. The Labute approximate surface area is 148 Å². The van der Waals surface area contributed by atoms with Gasteiger partial charge in [0.1, 0.15) is 28.0 Å². The van der Waals surface area contributed by atoms with Crippen LogP contribution >= 0.6 is 11.3 Å². The minimum Gasteiger partial charge on any atom is -0.356 e. The van der Waals surface area contributed by atoms with Gasteiger partial charge in [0.2, 0.25) is 0 Å². The summed E-state index contributed by atoms with van der Waals surface area (Å²) in [6, 6.07) is 0. The average molecular weight is 350 g/mol. The Morgan fingerprint density at radius 3 is 2.76 bits per heavy atom. The molecule has 6 nitrogen and oxygen atoms in total. The van der Waals surface area contributed by atoms with Crippen molar-refractivity contribution in [3.63, 3.8) is 0 Å². The number of nitrogens with zero attached hydrogens (tertiary/aromatic N) is 6. The summed E-state index contributed by atoms with van der Waals surface area (Å²) in [6.45, 7) is 2.28. The molecule has 1 saturated heterocycles. The van der Waals surface area contributed by atoms with E-state index in [0.717, 1.165) is 46.6 Å². The van der Waals surface area contributed by atoms with Gasteiger partial charge in [0.05, 0.1) is 5.52 Å². The lowest BCUT2D eigenvalue weighted by atomic mass is 10.1. The first-order chi connectivity index (χ1) is 12.4.